The average molecular weight is 278 g/mol. The zero-order valence-electron chi connectivity index (χ0n) is 10.6. The van der Waals surface area contributed by atoms with E-state index in [2.05, 4.69) is 10.4 Å². The van der Waals surface area contributed by atoms with Gasteiger partial charge in [0.25, 0.3) is 0 Å². The summed E-state index contributed by atoms with van der Waals surface area (Å²) < 4.78 is 7.73. The second-order valence-electron chi connectivity index (χ2n) is 4.66. The molecule has 3 rings (SSSR count). The number of rotatable bonds is 3. The van der Waals surface area contributed by atoms with Gasteiger partial charge in [0.2, 0.25) is 0 Å². The zero-order chi connectivity index (χ0) is 13.1. The van der Waals surface area contributed by atoms with Crippen molar-refractivity contribution in [3.8, 4) is 11.4 Å². The van der Waals surface area contributed by atoms with Crippen LogP contribution in [0.3, 0.4) is 0 Å². The molecule has 100 valence electrons. The number of nitrogens with one attached hydrogen (secondary N) is 1. The van der Waals surface area contributed by atoms with Crippen LogP contribution < -0.4 is 10.1 Å². The van der Waals surface area contributed by atoms with Crippen molar-refractivity contribution in [3.05, 3.63) is 41.7 Å². The standard InChI is InChI=1S/C14H16ClN3O/c15-11-1-3-12(4-2-11)18-10-14(9-17-18)19-13-5-7-16-8-6-13/h1-4,9-10,13,16H,5-8H2. The van der Waals surface area contributed by atoms with Gasteiger partial charge >= 0.3 is 0 Å². The van der Waals surface area contributed by atoms with Crippen molar-refractivity contribution in [2.45, 2.75) is 18.9 Å². The molecule has 2 aromatic rings. The molecule has 2 heterocycles. The van der Waals surface area contributed by atoms with Gasteiger partial charge in [0.1, 0.15) is 6.10 Å². The van der Waals surface area contributed by atoms with Crippen molar-refractivity contribution < 1.29 is 4.74 Å². The number of nitrogens with zero attached hydrogens (tertiary/aromatic N) is 2. The molecule has 0 unspecified atom stereocenters. The quantitative estimate of drug-likeness (QED) is 0.937. The van der Waals surface area contributed by atoms with E-state index in [-0.39, 0.29) is 0 Å². The first-order valence-electron chi connectivity index (χ1n) is 6.49. The summed E-state index contributed by atoms with van der Waals surface area (Å²) >= 11 is 5.87. The smallest absolute Gasteiger partial charge is 0.158 e. The van der Waals surface area contributed by atoms with Crippen LogP contribution >= 0.6 is 11.6 Å². The van der Waals surface area contributed by atoms with Gasteiger partial charge in [0.15, 0.2) is 5.75 Å². The van der Waals surface area contributed by atoms with Crippen LogP contribution in [0.4, 0.5) is 0 Å². The minimum atomic E-state index is 0.295. The number of aromatic nitrogens is 2. The van der Waals surface area contributed by atoms with Crippen LogP contribution in [-0.4, -0.2) is 29.0 Å². The van der Waals surface area contributed by atoms with Gasteiger partial charge in [-0.1, -0.05) is 11.6 Å². The van der Waals surface area contributed by atoms with E-state index in [9.17, 15) is 0 Å². The van der Waals surface area contributed by atoms with Crippen LogP contribution in [0.15, 0.2) is 36.7 Å². The van der Waals surface area contributed by atoms with E-state index in [1.165, 1.54) is 0 Å². The van der Waals surface area contributed by atoms with Crippen LogP contribution in [0.5, 0.6) is 5.75 Å². The number of halogens is 1. The van der Waals surface area contributed by atoms with E-state index in [1.807, 2.05) is 30.5 Å². The molecule has 1 aliphatic rings. The lowest BCUT2D eigenvalue weighted by Gasteiger charge is -2.22. The summed E-state index contributed by atoms with van der Waals surface area (Å²) in [5.41, 5.74) is 0.976. The van der Waals surface area contributed by atoms with E-state index < -0.39 is 0 Å². The summed E-state index contributed by atoms with van der Waals surface area (Å²) in [7, 11) is 0. The van der Waals surface area contributed by atoms with Crippen molar-refractivity contribution in [1.82, 2.24) is 15.1 Å². The zero-order valence-corrected chi connectivity index (χ0v) is 11.3. The average Bonchev–Trinajstić information content (AvgIpc) is 2.89. The Labute approximate surface area is 117 Å². The molecular formula is C14H16ClN3O. The molecule has 1 saturated heterocycles. The highest BCUT2D eigenvalue weighted by atomic mass is 35.5. The molecule has 4 nitrogen and oxygen atoms in total. The Morgan fingerprint density at radius 1 is 1.21 bits per heavy atom. The molecule has 5 heteroatoms. The predicted octanol–water partition coefficient (Wildman–Crippen LogP) is 2.66. The third-order valence-corrected chi connectivity index (χ3v) is 3.49. The Balaban J connectivity index is 1.70. The fraction of sp³-hybridized carbons (Fsp3) is 0.357. The highest BCUT2D eigenvalue weighted by Crippen LogP contribution is 2.19. The van der Waals surface area contributed by atoms with Gasteiger partial charge in [-0.2, -0.15) is 5.10 Å². The van der Waals surface area contributed by atoms with Gasteiger partial charge in [0.05, 0.1) is 18.1 Å². The first-order valence-corrected chi connectivity index (χ1v) is 6.87. The first-order chi connectivity index (χ1) is 9.31. The van der Waals surface area contributed by atoms with Gasteiger partial charge in [0, 0.05) is 5.02 Å². The van der Waals surface area contributed by atoms with Gasteiger partial charge in [-0.3, -0.25) is 0 Å². The molecule has 0 radical (unpaired) electrons. The Morgan fingerprint density at radius 2 is 1.95 bits per heavy atom. The topological polar surface area (TPSA) is 39.1 Å². The summed E-state index contributed by atoms with van der Waals surface area (Å²) in [6.07, 6.45) is 6.06. The monoisotopic (exact) mass is 277 g/mol. The number of piperidine rings is 1. The normalized spacial score (nSPS) is 16.5. The Morgan fingerprint density at radius 3 is 2.68 bits per heavy atom. The minimum absolute atomic E-state index is 0.295. The van der Waals surface area contributed by atoms with Crippen LogP contribution in [0.2, 0.25) is 5.02 Å². The maximum Gasteiger partial charge on any atom is 0.158 e. The molecule has 1 N–H and O–H groups in total. The highest BCUT2D eigenvalue weighted by Gasteiger charge is 2.15. The Hall–Kier alpha value is -1.52. The van der Waals surface area contributed by atoms with Crippen molar-refractivity contribution >= 4 is 11.6 Å². The van der Waals surface area contributed by atoms with Gasteiger partial charge < -0.3 is 10.1 Å². The Bertz CT molecular complexity index is 532. The van der Waals surface area contributed by atoms with Crippen molar-refractivity contribution in [1.29, 1.82) is 0 Å². The Kier molecular flexibility index (Phi) is 3.71. The van der Waals surface area contributed by atoms with E-state index in [0.717, 1.165) is 42.4 Å². The summed E-state index contributed by atoms with van der Waals surface area (Å²) in [6, 6.07) is 7.57. The van der Waals surface area contributed by atoms with E-state index in [0.29, 0.717) is 6.10 Å². The maximum absolute atomic E-state index is 5.93. The van der Waals surface area contributed by atoms with Crippen molar-refractivity contribution in [3.63, 3.8) is 0 Å². The van der Waals surface area contributed by atoms with E-state index in [1.54, 1.807) is 10.9 Å². The maximum atomic E-state index is 5.93. The molecule has 0 atom stereocenters. The molecule has 1 aromatic heterocycles. The molecule has 1 aliphatic heterocycles. The highest BCUT2D eigenvalue weighted by molar-refractivity contribution is 6.30. The van der Waals surface area contributed by atoms with Crippen LogP contribution in [0.1, 0.15) is 12.8 Å². The van der Waals surface area contributed by atoms with Crippen LogP contribution in [0.25, 0.3) is 5.69 Å². The largest absolute Gasteiger partial charge is 0.487 e. The summed E-state index contributed by atoms with van der Waals surface area (Å²) in [4.78, 5) is 0. The lowest BCUT2D eigenvalue weighted by Crippen LogP contribution is -2.34. The van der Waals surface area contributed by atoms with Gasteiger partial charge in [-0.05, 0) is 50.2 Å². The van der Waals surface area contributed by atoms with Crippen molar-refractivity contribution in [2.75, 3.05) is 13.1 Å². The van der Waals surface area contributed by atoms with Crippen LogP contribution in [-0.2, 0) is 0 Å². The molecule has 0 amide bonds. The van der Waals surface area contributed by atoms with E-state index in [4.69, 9.17) is 16.3 Å². The number of hydrogen-bond donors (Lipinski definition) is 1. The van der Waals surface area contributed by atoms with E-state index >= 15 is 0 Å². The summed E-state index contributed by atoms with van der Waals surface area (Å²) in [5, 5.41) is 8.36. The molecular weight excluding hydrogens is 262 g/mol. The summed E-state index contributed by atoms with van der Waals surface area (Å²) in [5.74, 6) is 0.821. The molecule has 1 fully saturated rings. The van der Waals surface area contributed by atoms with Gasteiger partial charge in [-0.15, -0.1) is 0 Å². The predicted molar refractivity (Wildman–Crippen MR) is 75.1 cm³/mol. The fourth-order valence-electron chi connectivity index (χ4n) is 2.21. The molecule has 0 aliphatic carbocycles. The molecule has 19 heavy (non-hydrogen) atoms. The number of benzene rings is 1. The SMILES string of the molecule is Clc1ccc(-n2cc(OC3CCNCC3)cn2)cc1. The molecule has 1 aromatic carbocycles. The minimum Gasteiger partial charge on any atom is -0.487 e. The molecule has 0 spiro atoms. The van der Waals surface area contributed by atoms with Crippen molar-refractivity contribution in [2.24, 2.45) is 0 Å². The number of hydrogen-bond acceptors (Lipinski definition) is 3. The lowest BCUT2D eigenvalue weighted by molar-refractivity contribution is 0.162. The third-order valence-electron chi connectivity index (χ3n) is 3.24. The van der Waals surface area contributed by atoms with Gasteiger partial charge in [-0.25, -0.2) is 4.68 Å². The van der Waals surface area contributed by atoms with Crippen LogP contribution in [0, 0.1) is 0 Å². The third kappa shape index (κ3) is 3.08. The number of ether oxygens (including phenoxy) is 1. The second kappa shape index (κ2) is 5.63. The molecule has 0 saturated carbocycles. The second-order valence-corrected chi connectivity index (χ2v) is 5.10. The first kappa shape index (κ1) is 12.5. The lowest BCUT2D eigenvalue weighted by atomic mass is 10.1. The fourth-order valence-corrected chi connectivity index (χ4v) is 2.33. The summed E-state index contributed by atoms with van der Waals surface area (Å²) in [6.45, 7) is 2.05. The molecule has 0 bridgehead atoms.